The first-order chi connectivity index (χ1) is 9.61. The maximum Gasteiger partial charge on any atom is 0.326 e. The van der Waals surface area contributed by atoms with Gasteiger partial charge in [-0.2, -0.15) is 0 Å². The largest absolute Gasteiger partial charge is 0.480 e. The van der Waals surface area contributed by atoms with Gasteiger partial charge in [-0.1, -0.05) is 13.8 Å². The lowest BCUT2D eigenvalue weighted by Crippen LogP contribution is -2.54. The lowest BCUT2D eigenvalue weighted by Gasteiger charge is -2.26. The molecule has 0 saturated heterocycles. The standard InChI is InChI=1S/C12H23NO8/c1-5(2)3-6(12(20)21)13-11(19)10(18)9(17)8(16)7(15)4-14/h5-10,14-18H,3-4H2,1-2H3,(H,13,19)(H,20,21)/t6-,7+,8+,9+,10+/m0/s1. The van der Waals surface area contributed by atoms with E-state index in [4.69, 9.17) is 15.3 Å². The van der Waals surface area contributed by atoms with E-state index in [0.717, 1.165) is 0 Å². The van der Waals surface area contributed by atoms with Gasteiger partial charge in [-0.25, -0.2) is 4.79 Å². The zero-order chi connectivity index (χ0) is 16.7. The van der Waals surface area contributed by atoms with Crippen LogP contribution in [0, 0.1) is 5.92 Å². The van der Waals surface area contributed by atoms with Crippen LogP contribution in [0.5, 0.6) is 0 Å². The summed E-state index contributed by atoms with van der Waals surface area (Å²) in [6.07, 6.45) is -7.79. The Labute approximate surface area is 121 Å². The summed E-state index contributed by atoms with van der Waals surface area (Å²) in [5, 5.41) is 57.2. The summed E-state index contributed by atoms with van der Waals surface area (Å²) >= 11 is 0. The normalized spacial score (nSPS) is 18.7. The number of rotatable bonds is 9. The van der Waals surface area contributed by atoms with Gasteiger partial charge in [0.25, 0.3) is 5.91 Å². The summed E-state index contributed by atoms with van der Waals surface area (Å²) in [5.41, 5.74) is 0. The predicted molar refractivity (Wildman–Crippen MR) is 70.1 cm³/mol. The van der Waals surface area contributed by atoms with Gasteiger partial charge < -0.3 is 36.0 Å². The van der Waals surface area contributed by atoms with Crippen molar-refractivity contribution < 1.29 is 40.2 Å². The van der Waals surface area contributed by atoms with Crippen molar-refractivity contribution in [3.63, 3.8) is 0 Å². The lowest BCUT2D eigenvalue weighted by molar-refractivity contribution is -0.153. The number of aliphatic hydroxyl groups is 5. The molecule has 0 aliphatic carbocycles. The first-order valence-electron chi connectivity index (χ1n) is 6.48. The van der Waals surface area contributed by atoms with Crippen LogP contribution >= 0.6 is 0 Å². The molecule has 0 unspecified atom stereocenters. The summed E-state index contributed by atoms with van der Waals surface area (Å²) in [7, 11) is 0. The maximum absolute atomic E-state index is 11.7. The van der Waals surface area contributed by atoms with Gasteiger partial charge in [0, 0.05) is 0 Å². The van der Waals surface area contributed by atoms with Crippen molar-refractivity contribution in [2.75, 3.05) is 6.61 Å². The minimum absolute atomic E-state index is 0.0322. The average Bonchev–Trinajstić information content (AvgIpc) is 2.42. The van der Waals surface area contributed by atoms with Crippen LogP contribution in [0.15, 0.2) is 0 Å². The van der Waals surface area contributed by atoms with Crippen LogP contribution in [-0.4, -0.2) is 79.6 Å². The first kappa shape index (κ1) is 19.7. The van der Waals surface area contributed by atoms with Gasteiger partial charge in [-0.3, -0.25) is 4.79 Å². The molecular formula is C12H23NO8. The van der Waals surface area contributed by atoms with Crippen molar-refractivity contribution in [3.8, 4) is 0 Å². The van der Waals surface area contributed by atoms with Crippen LogP contribution in [0.25, 0.3) is 0 Å². The van der Waals surface area contributed by atoms with Crippen LogP contribution in [0.3, 0.4) is 0 Å². The van der Waals surface area contributed by atoms with Gasteiger partial charge in [0.05, 0.1) is 6.61 Å². The van der Waals surface area contributed by atoms with E-state index in [0.29, 0.717) is 0 Å². The molecule has 0 spiro atoms. The Morgan fingerprint density at radius 1 is 1.05 bits per heavy atom. The topological polar surface area (TPSA) is 168 Å². The molecule has 9 nitrogen and oxygen atoms in total. The smallest absolute Gasteiger partial charge is 0.326 e. The summed E-state index contributed by atoms with van der Waals surface area (Å²) in [5.74, 6) is -2.52. The van der Waals surface area contributed by atoms with E-state index in [1.165, 1.54) is 0 Å². The molecule has 0 aromatic carbocycles. The Balaban J connectivity index is 4.71. The molecule has 7 N–H and O–H groups in total. The molecule has 124 valence electrons. The number of carbonyl (C=O) groups is 2. The minimum atomic E-state index is -2.14. The Morgan fingerprint density at radius 3 is 1.95 bits per heavy atom. The molecule has 0 aromatic heterocycles. The van der Waals surface area contributed by atoms with Crippen molar-refractivity contribution in [1.29, 1.82) is 0 Å². The monoisotopic (exact) mass is 309 g/mol. The van der Waals surface area contributed by atoms with Crippen molar-refractivity contribution in [1.82, 2.24) is 5.32 Å². The fraction of sp³-hybridized carbons (Fsp3) is 0.833. The summed E-state index contributed by atoms with van der Waals surface area (Å²) in [4.78, 5) is 22.6. The molecule has 0 aromatic rings. The van der Waals surface area contributed by atoms with Crippen molar-refractivity contribution in [3.05, 3.63) is 0 Å². The van der Waals surface area contributed by atoms with E-state index in [-0.39, 0.29) is 12.3 Å². The first-order valence-corrected chi connectivity index (χ1v) is 6.48. The number of amides is 1. The molecular weight excluding hydrogens is 286 g/mol. The van der Waals surface area contributed by atoms with Gasteiger partial charge in [-0.15, -0.1) is 0 Å². The molecule has 0 rings (SSSR count). The lowest BCUT2D eigenvalue weighted by atomic mass is 10.0. The highest BCUT2D eigenvalue weighted by Gasteiger charge is 2.35. The number of carboxylic acids is 1. The number of hydrogen-bond donors (Lipinski definition) is 7. The third-order valence-electron chi connectivity index (χ3n) is 2.85. The molecule has 1 amide bonds. The molecule has 5 atom stereocenters. The minimum Gasteiger partial charge on any atom is -0.480 e. The van der Waals surface area contributed by atoms with E-state index >= 15 is 0 Å². The average molecular weight is 309 g/mol. The molecule has 9 heteroatoms. The van der Waals surface area contributed by atoms with E-state index < -0.39 is 48.9 Å². The van der Waals surface area contributed by atoms with Crippen LogP contribution in [0.4, 0.5) is 0 Å². The summed E-state index contributed by atoms with van der Waals surface area (Å²) in [6, 6.07) is -1.25. The summed E-state index contributed by atoms with van der Waals surface area (Å²) < 4.78 is 0. The number of hydrogen-bond acceptors (Lipinski definition) is 7. The van der Waals surface area contributed by atoms with E-state index in [1.54, 1.807) is 13.8 Å². The zero-order valence-electron chi connectivity index (χ0n) is 11.9. The Kier molecular flexibility index (Phi) is 8.37. The highest BCUT2D eigenvalue weighted by atomic mass is 16.4. The molecule has 21 heavy (non-hydrogen) atoms. The fourth-order valence-electron chi connectivity index (χ4n) is 1.63. The molecule has 0 heterocycles. The van der Waals surface area contributed by atoms with Gasteiger partial charge in [-0.05, 0) is 12.3 Å². The van der Waals surface area contributed by atoms with Crippen molar-refractivity contribution >= 4 is 11.9 Å². The molecule has 0 aliphatic heterocycles. The second kappa shape index (κ2) is 8.90. The van der Waals surface area contributed by atoms with E-state index in [9.17, 15) is 24.9 Å². The highest BCUT2D eigenvalue weighted by Crippen LogP contribution is 2.08. The molecule has 0 fully saturated rings. The van der Waals surface area contributed by atoms with Crippen LogP contribution in [-0.2, 0) is 9.59 Å². The molecule has 0 radical (unpaired) electrons. The zero-order valence-corrected chi connectivity index (χ0v) is 11.9. The van der Waals surface area contributed by atoms with Crippen LogP contribution < -0.4 is 5.32 Å². The van der Waals surface area contributed by atoms with Gasteiger partial charge in [0.15, 0.2) is 6.10 Å². The molecule has 0 bridgehead atoms. The third-order valence-corrected chi connectivity index (χ3v) is 2.85. The Hall–Kier alpha value is -1.26. The maximum atomic E-state index is 11.7. The quantitative estimate of drug-likeness (QED) is 0.237. The number of nitrogens with one attached hydrogen (secondary N) is 1. The van der Waals surface area contributed by atoms with Gasteiger partial charge >= 0.3 is 5.97 Å². The number of aliphatic carboxylic acids is 1. The van der Waals surface area contributed by atoms with Crippen LogP contribution in [0.1, 0.15) is 20.3 Å². The van der Waals surface area contributed by atoms with Crippen LogP contribution in [0.2, 0.25) is 0 Å². The SMILES string of the molecule is CC(C)C[C@H](NC(=O)[C@H](O)[C@H](O)[C@H](O)[C@H](O)CO)C(=O)O. The predicted octanol–water partition coefficient (Wildman–Crippen LogP) is -2.96. The Morgan fingerprint density at radius 2 is 1.57 bits per heavy atom. The number of aliphatic hydroxyl groups excluding tert-OH is 5. The Bertz CT molecular complexity index is 348. The summed E-state index contributed by atoms with van der Waals surface area (Å²) in [6.45, 7) is 2.61. The van der Waals surface area contributed by atoms with Crippen molar-refractivity contribution in [2.24, 2.45) is 5.92 Å². The molecule has 0 saturated carbocycles. The van der Waals surface area contributed by atoms with E-state index in [2.05, 4.69) is 0 Å². The third kappa shape index (κ3) is 6.36. The van der Waals surface area contributed by atoms with Gasteiger partial charge in [0.2, 0.25) is 0 Å². The van der Waals surface area contributed by atoms with Gasteiger partial charge in [0.1, 0.15) is 24.4 Å². The van der Waals surface area contributed by atoms with Crippen molar-refractivity contribution in [2.45, 2.75) is 50.7 Å². The van der Waals surface area contributed by atoms with E-state index in [1.807, 2.05) is 5.32 Å². The highest BCUT2D eigenvalue weighted by molar-refractivity contribution is 5.86. The second-order valence-electron chi connectivity index (χ2n) is 5.20. The number of carboxylic acid groups (broad SMARTS) is 1. The molecule has 0 aliphatic rings. The number of carbonyl (C=O) groups excluding carboxylic acids is 1. The second-order valence-corrected chi connectivity index (χ2v) is 5.20. The fourth-order valence-corrected chi connectivity index (χ4v) is 1.63.